The van der Waals surface area contributed by atoms with Gasteiger partial charge in [0.25, 0.3) is 0 Å². The first-order valence-corrected chi connectivity index (χ1v) is 7.29. The molecule has 1 unspecified atom stereocenters. The van der Waals surface area contributed by atoms with Crippen LogP contribution in [0.4, 0.5) is 0 Å². The summed E-state index contributed by atoms with van der Waals surface area (Å²) in [6.07, 6.45) is 8.91. The van der Waals surface area contributed by atoms with Crippen LogP contribution in [0.2, 0.25) is 0 Å². The molecule has 3 rings (SSSR count). The summed E-state index contributed by atoms with van der Waals surface area (Å²) in [5, 5.41) is 3.58. The Morgan fingerprint density at radius 1 is 1.17 bits per heavy atom. The van der Waals surface area contributed by atoms with Crippen LogP contribution in [0.25, 0.3) is 0 Å². The monoisotopic (exact) mass is 245 g/mol. The van der Waals surface area contributed by atoms with E-state index in [1.54, 1.807) is 12.7 Å². The average Bonchev–Trinajstić information content (AvgIpc) is 2.91. The van der Waals surface area contributed by atoms with E-state index in [0.29, 0.717) is 6.04 Å². The van der Waals surface area contributed by atoms with E-state index in [1.165, 1.54) is 56.2 Å². The summed E-state index contributed by atoms with van der Waals surface area (Å²) in [5.41, 5.74) is 4.48. The van der Waals surface area contributed by atoms with Crippen molar-refractivity contribution >= 4 is 0 Å². The molecule has 0 radical (unpaired) electrons. The molecular weight excluding hydrogens is 222 g/mol. The van der Waals surface area contributed by atoms with Crippen molar-refractivity contribution < 1.29 is 4.74 Å². The van der Waals surface area contributed by atoms with Crippen molar-refractivity contribution in [3.8, 4) is 5.75 Å². The summed E-state index contributed by atoms with van der Waals surface area (Å²) in [6, 6.07) is 5.35. The highest BCUT2D eigenvalue weighted by Gasteiger charge is 2.19. The van der Waals surface area contributed by atoms with E-state index >= 15 is 0 Å². The molecule has 1 fully saturated rings. The van der Waals surface area contributed by atoms with E-state index < -0.39 is 0 Å². The van der Waals surface area contributed by atoms with E-state index in [2.05, 4.69) is 17.4 Å². The lowest BCUT2D eigenvalue weighted by Gasteiger charge is -2.20. The van der Waals surface area contributed by atoms with Crippen molar-refractivity contribution in [3.63, 3.8) is 0 Å². The van der Waals surface area contributed by atoms with Gasteiger partial charge in [-0.05, 0) is 74.2 Å². The molecule has 1 atom stereocenters. The molecule has 1 heterocycles. The first-order valence-electron chi connectivity index (χ1n) is 7.29. The van der Waals surface area contributed by atoms with Gasteiger partial charge in [-0.3, -0.25) is 0 Å². The predicted molar refractivity (Wildman–Crippen MR) is 74.4 cm³/mol. The third kappa shape index (κ3) is 2.39. The van der Waals surface area contributed by atoms with Crippen LogP contribution in [0.5, 0.6) is 5.75 Å². The second-order valence-electron chi connectivity index (χ2n) is 5.64. The van der Waals surface area contributed by atoms with Gasteiger partial charge >= 0.3 is 0 Å². The van der Waals surface area contributed by atoms with Crippen LogP contribution >= 0.6 is 0 Å². The summed E-state index contributed by atoms with van der Waals surface area (Å²) in [6.45, 7) is 1.18. The number of hydrogen-bond donors (Lipinski definition) is 1. The maximum atomic E-state index is 5.59. The van der Waals surface area contributed by atoms with Crippen molar-refractivity contribution in [3.05, 3.63) is 28.8 Å². The van der Waals surface area contributed by atoms with Crippen LogP contribution in [0.3, 0.4) is 0 Å². The molecule has 0 saturated carbocycles. The van der Waals surface area contributed by atoms with Crippen molar-refractivity contribution in [1.82, 2.24) is 5.32 Å². The molecule has 0 amide bonds. The minimum absolute atomic E-state index is 0.653. The Hall–Kier alpha value is -1.02. The zero-order valence-corrected chi connectivity index (χ0v) is 11.3. The van der Waals surface area contributed by atoms with Gasteiger partial charge < -0.3 is 10.1 Å². The van der Waals surface area contributed by atoms with Crippen molar-refractivity contribution in [1.29, 1.82) is 0 Å². The van der Waals surface area contributed by atoms with Gasteiger partial charge in [0.05, 0.1) is 7.11 Å². The van der Waals surface area contributed by atoms with E-state index in [1.807, 2.05) is 0 Å². The van der Waals surface area contributed by atoms with Gasteiger partial charge in [-0.25, -0.2) is 0 Å². The summed E-state index contributed by atoms with van der Waals surface area (Å²) in [7, 11) is 1.80. The fraction of sp³-hybridized carbons (Fsp3) is 0.625. The Bertz CT molecular complexity index is 421. The summed E-state index contributed by atoms with van der Waals surface area (Å²) in [5.74, 6) is 1.10. The first-order chi connectivity index (χ1) is 8.86. The maximum absolute atomic E-state index is 5.59. The average molecular weight is 245 g/mol. The molecule has 0 bridgehead atoms. The predicted octanol–water partition coefficient (Wildman–Crippen LogP) is 2.87. The summed E-state index contributed by atoms with van der Waals surface area (Å²) < 4.78 is 5.59. The Kier molecular flexibility index (Phi) is 3.55. The lowest BCUT2D eigenvalue weighted by atomic mass is 9.88. The fourth-order valence-electron chi connectivity index (χ4n) is 3.36. The number of ether oxygens (including phenoxy) is 1. The normalized spacial score (nSPS) is 22.8. The Labute approximate surface area is 110 Å². The number of hydrogen-bond acceptors (Lipinski definition) is 2. The maximum Gasteiger partial charge on any atom is 0.122 e. The summed E-state index contributed by atoms with van der Waals surface area (Å²) >= 11 is 0. The van der Waals surface area contributed by atoms with E-state index in [4.69, 9.17) is 4.74 Å². The second-order valence-corrected chi connectivity index (χ2v) is 5.64. The first kappa shape index (κ1) is 12.0. The molecule has 0 aromatic heterocycles. The molecule has 1 aliphatic heterocycles. The molecular formula is C16H23NO. The van der Waals surface area contributed by atoms with E-state index in [0.717, 1.165) is 12.2 Å². The second kappa shape index (κ2) is 5.31. The number of fused-ring (bicyclic) bond motifs is 1. The lowest BCUT2D eigenvalue weighted by molar-refractivity contribution is 0.405. The lowest BCUT2D eigenvalue weighted by Crippen LogP contribution is -2.24. The van der Waals surface area contributed by atoms with Crippen LogP contribution in [-0.2, 0) is 19.3 Å². The van der Waals surface area contributed by atoms with Crippen LogP contribution in [0, 0.1) is 0 Å². The van der Waals surface area contributed by atoms with E-state index in [9.17, 15) is 0 Å². The topological polar surface area (TPSA) is 21.3 Å². The minimum Gasteiger partial charge on any atom is -0.496 e. The highest BCUT2D eigenvalue weighted by Crippen LogP contribution is 2.30. The fourth-order valence-corrected chi connectivity index (χ4v) is 3.36. The zero-order valence-electron chi connectivity index (χ0n) is 11.3. The van der Waals surface area contributed by atoms with Gasteiger partial charge in [0.15, 0.2) is 0 Å². The molecule has 1 N–H and O–H groups in total. The van der Waals surface area contributed by atoms with Gasteiger partial charge in [0.2, 0.25) is 0 Å². The van der Waals surface area contributed by atoms with Gasteiger partial charge in [-0.1, -0.05) is 6.07 Å². The largest absolute Gasteiger partial charge is 0.496 e. The smallest absolute Gasteiger partial charge is 0.122 e. The highest BCUT2D eigenvalue weighted by atomic mass is 16.5. The third-order valence-corrected chi connectivity index (χ3v) is 4.37. The van der Waals surface area contributed by atoms with Crippen molar-refractivity contribution in [2.45, 2.75) is 51.0 Å². The number of methoxy groups -OCH3 is 1. The molecule has 1 aromatic rings. The van der Waals surface area contributed by atoms with Crippen LogP contribution in [0.1, 0.15) is 42.4 Å². The standard InChI is InChI=1S/C16H23NO/c1-18-16-11-13-6-3-2-5-12(13)9-14(16)10-15-7-4-8-17-15/h9,11,15,17H,2-8,10H2,1H3. The zero-order chi connectivity index (χ0) is 12.4. The molecule has 2 heteroatoms. The van der Waals surface area contributed by atoms with Crippen molar-refractivity contribution in [2.24, 2.45) is 0 Å². The molecule has 1 aliphatic carbocycles. The number of rotatable bonds is 3. The Morgan fingerprint density at radius 3 is 2.61 bits per heavy atom. The van der Waals surface area contributed by atoms with E-state index in [-0.39, 0.29) is 0 Å². The van der Waals surface area contributed by atoms with Crippen LogP contribution in [-0.4, -0.2) is 19.7 Å². The molecule has 2 nitrogen and oxygen atoms in total. The number of aryl methyl sites for hydroxylation is 2. The van der Waals surface area contributed by atoms with Gasteiger partial charge in [0, 0.05) is 6.04 Å². The Morgan fingerprint density at radius 2 is 1.94 bits per heavy atom. The van der Waals surface area contributed by atoms with Crippen molar-refractivity contribution in [2.75, 3.05) is 13.7 Å². The molecule has 98 valence electrons. The van der Waals surface area contributed by atoms with Gasteiger partial charge in [-0.2, -0.15) is 0 Å². The SMILES string of the molecule is COc1cc2c(cc1CC1CCCN1)CCCC2. The molecule has 1 aromatic carbocycles. The molecule has 1 saturated heterocycles. The minimum atomic E-state index is 0.653. The number of nitrogens with one attached hydrogen (secondary N) is 1. The summed E-state index contributed by atoms with van der Waals surface area (Å²) in [4.78, 5) is 0. The molecule has 0 spiro atoms. The highest BCUT2D eigenvalue weighted by molar-refractivity contribution is 5.44. The van der Waals surface area contributed by atoms with Gasteiger partial charge in [0.1, 0.15) is 5.75 Å². The number of benzene rings is 1. The molecule has 18 heavy (non-hydrogen) atoms. The Balaban J connectivity index is 1.86. The third-order valence-electron chi connectivity index (χ3n) is 4.37. The molecule has 2 aliphatic rings. The quantitative estimate of drug-likeness (QED) is 0.884. The van der Waals surface area contributed by atoms with Gasteiger partial charge in [-0.15, -0.1) is 0 Å². The van der Waals surface area contributed by atoms with Crippen LogP contribution < -0.4 is 10.1 Å². The van der Waals surface area contributed by atoms with Crippen LogP contribution in [0.15, 0.2) is 12.1 Å².